The quantitative estimate of drug-likeness (QED) is 0.817. The van der Waals surface area contributed by atoms with Crippen molar-refractivity contribution in [1.29, 1.82) is 0 Å². The van der Waals surface area contributed by atoms with Gasteiger partial charge in [0.15, 0.2) is 0 Å². The average molecular weight is 310 g/mol. The van der Waals surface area contributed by atoms with Crippen LogP contribution in [0.4, 0.5) is 4.79 Å². The number of aliphatic hydroxyl groups excluding tert-OH is 1. The van der Waals surface area contributed by atoms with E-state index in [1.54, 1.807) is 0 Å². The molecule has 0 aromatic rings. The van der Waals surface area contributed by atoms with E-state index in [2.05, 4.69) is 5.32 Å². The number of carbonyl (C=O) groups is 1. The monoisotopic (exact) mass is 310 g/mol. The molecule has 0 radical (unpaired) electrons. The third kappa shape index (κ3) is 3.57. The second-order valence-corrected chi connectivity index (χ2v) is 8.24. The van der Waals surface area contributed by atoms with Gasteiger partial charge in [0.05, 0.1) is 6.10 Å². The number of fused-ring (bicyclic) bond motifs is 2. The van der Waals surface area contributed by atoms with Crippen LogP contribution in [0.2, 0.25) is 0 Å². The van der Waals surface area contributed by atoms with Crippen molar-refractivity contribution in [1.82, 2.24) is 10.2 Å². The van der Waals surface area contributed by atoms with E-state index in [-0.39, 0.29) is 12.2 Å². The van der Waals surface area contributed by atoms with Gasteiger partial charge in [-0.05, 0) is 64.7 Å². The van der Waals surface area contributed by atoms with E-state index in [0.717, 1.165) is 25.8 Å². The molecule has 0 spiro atoms. The van der Waals surface area contributed by atoms with Gasteiger partial charge >= 0.3 is 6.09 Å². The Labute approximate surface area is 133 Å². The molecule has 2 bridgehead atoms. The van der Waals surface area contributed by atoms with Gasteiger partial charge in [-0.2, -0.15) is 0 Å². The van der Waals surface area contributed by atoms with E-state index in [9.17, 15) is 9.90 Å². The standard InChI is InChI=1S/C17H30N2O3/c1-17(2,3)22-16(21)19-13-6-7-14(19)12(8-13)9-18-10-15(20)11-4-5-11/h11-15,18,20H,4-10H2,1-3H3. The summed E-state index contributed by atoms with van der Waals surface area (Å²) >= 11 is 0. The minimum atomic E-state index is -0.429. The highest BCUT2D eigenvalue weighted by Crippen LogP contribution is 2.42. The molecular weight excluding hydrogens is 280 g/mol. The van der Waals surface area contributed by atoms with Crippen LogP contribution in [0.15, 0.2) is 0 Å². The minimum absolute atomic E-state index is 0.152. The maximum Gasteiger partial charge on any atom is 0.410 e. The van der Waals surface area contributed by atoms with Gasteiger partial charge in [0.1, 0.15) is 5.60 Å². The fraction of sp³-hybridized carbons (Fsp3) is 0.941. The predicted molar refractivity (Wildman–Crippen MR) is 84.6 cm³/mol. The van der Waals surface area contributed by atoms with Crippen LogP contribution in [0.3, 0.4) is 0 Å². The summed E-state index contributed by atoms with van der Waals surface area (Å²) in [7, 11) is 0. The lowest BCUT2D eigenvalue weighted by atomic mass is 9.89. The van der Waals surface area contributed by atoms with Crippen LogP contribution in [0.1, 0.15) is 52.9 Å². The predicted octanol–water partition coefficient (Wildman–Crippen LogP) is 2.13. The highest BCUT2D eigenvalue weighted by molar-refractivity contribution is 5.70. The molecule has 2 aliphatic heterocycles. The largest absolute Gasteiger partial charge is 0.444 e. The topological polar surface area (TPSA) is 61.8 Å². The number of rotatable bonds is 5. The smallest absolute Gasteiger partial charge is 0.410 e. The van der Waals surface area contributed by atoms with Gasteiger partial charge in [-0.15, -0.1) is 0 Å². The molecule has 3 aliphatic rings. The molecule has 0 aromatic carbocycles. The Kier molecular flexibility index (Phi) is 4.38. The van der Waals surface area contributed by atoms with Crippen molar-refractivity contribution in [3.63, 3.8) is 0 Å². The minimum Gasteiger partial charge on any atom is -0.444 e. The molecule has 4 atom stereocenters. The first kappa shape index (κ1) is 16.1. The fourth-order valence-electron chi connectivity index (χ4n) is 4.00. The summed E-state index contributed by atoms with van der Waals surface area (Å²) in [4.78, 5) is 14.4. The number of carbonyl (C=O) groups excluding carboxylic acids is 1. The number of nitrogens with one attached hydrogen (secondary N) is 1. The molecule has 3 fully saturated rings. The summed E-state index contributed by atoms with van der Waals surface area (Å²) in [5.41, 5.74) is -0.429. The van der Waals surface area contributed by atoms with E-state index in [0.29, 0.717) is 30.5 Å². The lowest BCUT2D eigenvalue weighted by Crippen LogP contribution is -2.42. The number of hydrogen-bond donors (Lipinski definition) is 2. The number of hydrogen-bond acceptors (Lipinski definition) is 4. The third-order valence-electron chi connectivity index (χ3n) is 5.20. The molecule has 22 heavy (non-hydrogen) atoms. The van der Waals surface area contributed by atoms with Gasteiger partial charge in [-0.3, -0.25) is 0 Å². The molecule has 126 valence electrons. The van der Waals surface area contributed by atoms with Crippen molar-refractivity contribution in [3.8, 4) is 0 Å². The van der Waals surface area contributed by atoms with Gasteiger partial charge in [0.25, 0.3) is 0 Å². The highest BCUT2D eigenvalue weighted by Gasteiger charge is 2.49. The number of nitrogens with zero attached hydrogens (tertiary/aromatic N) is 1. The van der Waals surface area contributed by atoms with Gasteiger partial charge in [0, 0.05) is 25.2 Å². The summed E-state index contributed by atoms with van der Waals surface area (Å²) in [6, 6.07) is 0.658. The zero-order chi connectivity index (χ0) is 15.9. The third-order valence-corrected chi connectivity index (χ3v) is 5.20. The van der Waals surface area contributed by atoms with Gasteiger partial charge < -0.3 is 20.1 Å². The van der Waals surface area contributed by atoms with Crippen molar-refractivity contribution >= 4 is 6.09 Å². The number of ether oxygens (including phenoxy) is 1. The molecule has 5 nitrogen and oxygen atoms in total. The zero-order valence-corrected chi connectivity index (χ0v) is 14.0. The highest BCUT2D eigenvalue weighted by atomic mass is 16.6. The molecule has 1 amide bonds. The second kappa shape index (κ2) is 6.00. The number of amides is 1. The molecule has 4 unspecified atom stereocenters. The van der Waals surface area contributed by atoms with Crippen LogP contribution in [0.5, 0.6) is 0 Å². The van der Waals surface area contributed by atoms with Crippen molar-refractivity contribution < 1.29 is 14.6 Å². The maximum absolute atomic E-state index is 12.4. The zero-order valence-electron chi connectivity index (χ0n) is 14.0. The summed E-state index contributed by atoms with van der Waals surface area (Å²) in [6.07, 6.45) is 5.25. The summed E-state index contributed by atoms with van der Waals surface area (Å²) in [5.74, 6) is 1.02. The molecule has 0 aromatic heterocycles. The van der Waals surface area contributed by atoms with Crippen LogP contribution in [0.25, 0.3) is 0 Å². The molecule has 2 N–H and O–H groups in total. The fourth-order valence-corrected chi connectivity index (χ4v) is 4.00. The first-order valence-corrected chi connectivity index (χ1v) is 8.75. The van der Waals surface area contributed by atoms with Gasteiger partial charge in [-0.25, -0.2) is 4.79 Å². The lowest BCUT2D eigenvalue weighted by molar-refractivity contribution is 0.0204. The van der Waals surface area contributed by atoms with Crippen LogP contribution >= 0.6 is 0 Å². The maximum atomic E-state index is 12.4. The number of aliphatic hydroxyl groups is 1. The lowest BCUT2D eigenvalue weighted by Gasteiger charge is -2.28. The summed E-state index contributed by atoms with van der Waals surface area (Å²) in [6.45, 7) is 7.33. The van der Waals surface area contributed by atoms with Crippen molar-refractivity contribution in [2.75, 3.05) is 13.1 Å². The van der Waals surface area contributed by atoms with E-state index < -0.39 is 5.60 Å². The Morgan fingerprint density at radius 1 is 1.32 bits per heavy atom. The molecule has 3 rings (SSSR count). The molecule has 1 aliphatic carbocycles. The van der Waals surface area contributed by atoms with Gasteiger partial charge in [0.2, 0.25) is 0 Å². The van der Waals surface area contributed by atoms with E-state index in [1.807, 2.05) is 25.7 Å². The van der Waals surface area contributed by atoms with E-state index in [1.165, 1.54) is 12.8 Å². The molecular formula is C17H30N2O3. The normalized spacial score (nSPS) is 32.4. The summed E-state index contributed by atoms with van der Waals surface area (Å²) in [5, 5.41) is 13.3. The first-order chi connectivity index (χ1) is 10.3. The van der Waals surface area contributed by atoms with Gasteiger partial charge in [-0.1, -0.05) is 0 Å². The van der Waals surface area contributed by atoms with Crippen LogP contribution in [0, 0.1) is 11.8 Å². The Morgan fingerprint density at radius 3 is 2.68 bits per heavy atom. The molecule has 2 heterocycles. The first-order valence-electron chi connectivity index (χ1n) is 8.75. The van der Waals surface area contributed by atoms with Crippen molar-refractivity contribution in [2.24, 2.45) is 11.8 Å². The molecule has 1 saturated carbocycles. The Balaban J connectivity index is 1.48. The van der Waals surface area contributed by atoms with E-state index >= 15 is 0 Å². The Morgan fingerprint density at radius 2 is 2.05 bits per heavy atom. The van der Waals surface area contributed by atoms with Crippen molar-refractivity contribution in [3.05, 3.63) is 0 Å². The van der Waals surface area contributed by atoms with Crippen LogP contribution in [-0.4, -0.2) is 53.0 Å². The average Bonchev–Trinajstić information content (AvgIpc) is 3.10. The Hall–Kier alpha value is -0.810. The summed E-state index contributed by atoms with van der Waals surface area (Å²) < 4.78 is 5.56. The Bertz CT molecular complexity index is 417. The molecule has 2 saturated heterocycles. The SMILES string of the molecule is CC(C)(C)OC(=O)N1C2CCC1C(CNCC(O)C1CC1)C2. The second-order valence-electron chi connectivity index (χ2n) is 8.24. The molecule has 5 heteroatoms. The van der Waals surface area contributed by atoms with Crippen LogP contribution in [-0.2, 0) is 4.74 Å². The van der Waals surface area contributed by atoms with Crippen LogP contribution < -0.4 is 5.32 Å². The van der Waals surface area contributed by atoms with E-state index in [4.69, 9.17) is 4.74 Å². The van der Waals surface area contributed by atoms with Crippen molar-refractivity contribution in [2.45, 2.75) is 76.7 Å².